The third-order valence-electron chi connectivity index (χ3n) is 7.28. The molecule has 4 heteroatoms. The van der Waals surface area contributed by atoms with Gasteiger partial charge in [-0.05, 0) is 62.3 Å². The molecule has 2 fully saturated rings. The van der Waals surface area contributed by atoms with Crippen molar-refractivity contribution in [2.75, 3.05) is 6.54 Å². The van der Waals surface area contributed by atoms with Gasteiger partial charge >= 0.3 is 0 Å². The second-order valence-electron chi connectivity index (χ2n) is 9.10. The van der Waals surface area contributed by atoms with Gasteiger partial charge in [-0.25, -0.2) is 0 Å². The highest BCUT2D eigenvalue weighted by molar-refractivity contribution is 5.99. The molecule has 1 N–H and O–H groups in total. The molecule has 2 aromatic rings. The van der Waals surface area contributed by atoms with Crippen molar-refractivity contribution in [3.05, 3.63) is 41.6 Å². The second-order valence-corrected chi connectivity index (χ2v) is 9.10. The van der Waals surface area contributed by atoms with Gasteiger partial charge in [0.15, 0.2) is 0 Å². The molecule has 6 rings (SSSR count). The average molecular weight is 361 g/mol. The van der Waals surface area contributed by atoms with Gasteiger partial charge in [-0.2, -0.15) is 0 Å². The van der Waals surface area contributed by atoms with Crippen molar-refractivity contribution in [2.24, 2.45) is 5.92 Å². The molecule has 2 unspecified atom stereocenters. The van der Waals surface area contributed by atoms with Crippen LogP contribution >= 0.6 is 0 Å². The van der Waals surface area contributed by atoms with E-state index in [0.717, 1.165) is 19.4 Å². The molecule has 0 radical (unpaired) electrons. The van der Waals surface area contributed by atoms with Crippen LogP contribution in [0.25, 0.3) is 16.5 Å². The van der Waals surface area contributed by atoms with E-state index in [1.807, 2.05) is 0 Å². The average Bonchev–Trinajstić information content (AvgIpc) is 3.42. The lowest BCUT2D eigenvalue weighted by molar-refractivity contribution is -0.146. The zero-order valence-corrected chi connectivity index (χ0v) is 16.1. The van der Waals surface area contributed by atoms with Gasteiger partial charge in [-0.15, -0.1) is 0 Å². The summed E-state index contributed by atoms with van der Waals surface area (Å²) >= 11 is 0. The van der Waals surface area contributed by atoms with Crippen LogP contribution in [-0.4, -0.2) is 51.4 Å². The Balaban J connectivity index is 1.45. The van der Waals surface area contributed by atoms with Gasteiger partial charge in [0.05, 0.1) is 5.92 Å². The number of aromatic amines is 1. The number of fused-ring (bicyclic) bond motifs is 2. The predicted molar refractivity (Wildman–Crippen MR) is 107 cm³/mol. The number of amides is 1. The molecule has 27 heavy (non-hydrogen) atoms. The molecule has 0 bridgehead atoms. The van der Waals surface area contributed by atoms with Crippen LogP contribution in [-0.2, 0) is 11.2 Å². The van der Waals surface area contributed by atoms with Crippen molar-refractivity contribution in [1.82, 2.24) is 14.8 Å². The number of rotatable bonds is 2. The highest BCUT2D eigenvalue weighted by Gasteiger charge is 2.46. The van der Waals surface area contributed by atoms with Crippen LogP contribution in [0.2, 0.25) is 0 Å². The molecule has 1 aromatic heterocycles. The van der Waals surface area contributed by atoms with Crippen LogP contribution in [0.5, 0.6) is 0 Å². The van der Waals surface area contributed by atoms with Crippen molar-refractivity contribution in [3.63, 3.8) is 0 Å². The Morgan fingerprint density at radius 2 is 2.00 bits per heavy atom. The summed E-state index contributed by atoms with van der Waals surface area (Å²) < 4.78 is 0. The summed E-state index contributed by atoms with van der Waals surface area (Å²) in [5, 5.41) is 1.37. The first-order valence-corrected chi connectivity index (χ1v) is 10.5. The van der Waals surface area contributed by atoms with E-state index in [0.29, 0.717) is 30.1 Å². The SMILES string of the molecule is CC1CC(C)N1C(=O)[C@@H]1C=C2c3cccc4[nH]cc(c34)C[C@H]2N(C2CC2)C1. The van der Waals surface area contributed by atoms with E-state index in [1.165, 1.54) is 40.4 Å². The van der Waals surface area contributed by atoms with E-state index in [-0.39, 0.29) is 5.92 Å². The molecule has 4 aliphatic rings. The quantitative estimate of drug-likeness (QED) is 0.888. The third-order valence-corrected chi connectivity index (χ3v) is 7.28. The zero-order chi connectivity index (χ0) is 18.3. The van der Waals surface area contributed by atoms with Crippen LogP contribution in [0.3, 0.4) is 0 Å². The maximum absolute atomic E-state index is 13.4. The van der Waals surface area contributed by atoms with Crippen LogP contribution in [0, 0.1) is 5.92 Å². The van der Waals surface area contributed by atoms with Crippen LogP contribution in [0.15, 0.2) is 30.5 Å². The number of hydrogen-bond donors (Lipinski definition) is 1. The fourth-order valence-electron chi connectivity index (χ4n) is 5.88. The fourth-order valence-corrected chi connectivity index (χ4v) is 5.88. The monoisotopic (exact) mass is 361 g/mol. The molecule has 1 amide bonds. The summed E-state index contributed by atoms with van der Waals surface area (Å²) in [6, 6.07) is 8.45. The maximum Gasteiger partial charge on any atom is 0.231 e. The normalized spacial score (nSPS) is 32.8. The Kier molecular flexibility index (Phi) is 3.23. The molecular formula is C23H27N3O. The standard InChI is InChI=1S/C23H27N3O/c1-13-8-14(2)26(13)23(27)16-9-19-18-4-3-5-20-22(18)15(11-24-20)10-21(19)25(12-16)17-6-7-17/h3-5,9,11,13-14,16-17,21,24H,6-8,10,12H2,1-2H3/t13?,14?,16-,21-/m1/s1. The number of carbonyl (C=O) groups excluding carboxylic acids is 1. The Labute approximate surface area is 160 Å². The largest absolute Gasteiger partial charge is 0.361 e. The first kappa shape index (κ1) is 15.9. The molecule has 4 atom stereocenters. The summed E-state index contributed by atoms with van der Waals surface area (Å²) in [4.78, 5) is 21.6. The number of nitrogens with one attached hydrogen (secondary N) is 1. The second kappa shape index (κ2) is 5.48. The number of aromatic nitrogens is 1. The van der Waals surface area contributed by atoms with Gasteiger partial charge in [-0.1, -0.05) is 18.2 Å². The van der Waals surface area contributed by atoms with Gasteiger partial charge in [0, 0.05) is 47.8 Å². The lowest BCUT2D eigenvalue weighted by Gasteiger charge is -2.49. The van der Waals surface area contributed by atoms with E-state index < -0.39 is 0 Å². The van der Waals surface area contributed by atoms with E-state index in [1.54, 1.807) is 0 Å². The van der Waals surface area contributed by atoms with Crippen molar-refractivity contribution in [2.45, 2.75) is 63.7 Å². The first-order valence-electron chi connectivity index (χ1n) is 10.5. The topological polar surface area (TPSA) is 39.3 Å². The Morgan fingerprint density at radius 3 is 2.74 bits per heavy atom. The minimum absolute atomic E-state index is 0.00204. The molecule has 2 aliphatic heterocycles. The molecule has 1 aromatic carbocycles. The smallest absolute Gasteiger partial charge is 0.231 e. The lowest BCUT2D eigenvalue weighted by Crippen LogP contribution is -2.59. The molecule has 1 saturated carbocycles. The zero-order valence-electron chi connectivity index (χ0n) is 16.1. The molecule has 1 saturated heterocycles. The Bertz CT molecular complexity index is 961. The Morgan fingerprint density at radius 1 is 1.19 bits per heavy atom. The molecule has 4 nitrogen and oxygen atoms in total. The maximum atomic E-state index is 13.4. The number of H-pyrrole nitrogens is 1. The summed E-state index contributed by atoms with van der Waals surface area (Å²) in [6.07, 6.45) is 9.29. The van der Waals surface area contributed by atoms with Gasteiger partial charge in [0.1, 0.15) is 0 Å². The van der Waals surface area contributed by atoms with Crippen molar-refractivity contribution >= 4 is 22.4 Å². The molecular weight excluding hydrogens is 334 g/mol. The van der Waals surface area contributed by atoms with Crippen LogP contribution in [0.1, 0.15) is 44.2 Å². The van der Waals surface area contributed by atoms with Crippen LogP contribution in [0.4, 0.5) is 0 Å². The van der Waals surface area contributed by atoms with E-state index in [4.69, 9.17) is 0 Å². The fraction of sp³-hybridized carbons (Fsp3) is 0.522. The summed E-state index contributed by atoms with van der Waals surface area (Å²) in [5.41, 5.74) is 5.39. The van der Waals surface area contributed by atoms with Crippen LogP contribution < -0.4 is 0 Å². The first-order chi connectivity index (χ1) is 13.1. The number of carbonyl (C=O) groups is 1. The van der Waals surface area contributed by atoms with Gasteiger partial charge in [0.2, 0.25) is 5.91 Å². The molecule has 0 spiro atoms. The summed E-state index contributed by atoms with van der Waals surface area (Å²) in [6.45, 7) is 5.26. The van der Waals surface area contributed by atoms with Gasteiger partial charge in [-0.3, -0.25) is 9.69 Å². The number of nitrogens with zero attached hydrogens (tertiary/aromatic N) is 2. The molecule has 3 heterocycles. The number of benzene rings is 1. The molecule has 140 valence electrons. The van der Waals surface area contributed by atoms with Crippen molar-refractivity contribution in [3.8, 4) is 0 Å². The van der Waals surface area contributed by atoms with E-state index in [9.17, 15) is 4.79 Å². The minimum Gasteiger partial charge on any atom is -0.361 e. The van der Waals surface area contributed by atoms with Crippen molar-refractivity contribution in [1.29, 1.82) is 0 Å². The van der Waals surface area contributed by atoms with Gasteiger partial charge in [0.25, 0.3) is 0 Å². The third kappa shape index (κ3) is 2.22. The van der Waals surface area contributed by atoms with E-state index in [2.05, 4.69) is 59.1 Å². The lowest BCUT2D eigenvalue weighted by atomic mass is 9.79. The summed E-state index contributed by atoms with van der Waals surface area (Å²) in [5.74, 6) is 0.336. The predicted octanol–water partition coefficient (Wildman–Crippen LogP) is 3.58. The molecule has 2 aliphatic carbocycles. The highest BCUT2D eigenvalue weighted by Crippen LogP contribution is 2.45. The Hall–Kier alpha value is -2.07. The van der Waals surface area contributed by atoms with E-state index >= 15 is 0 Å². The number of hydrogen-bond acceptors (Lipinski definition) is 2. The van der Waals surface area contributed by atoms with Crippen molar-refractivity contribution < 1.29 is 4.79 Å². The highest BCUT2D eigenvalue weighted by atomic mass is 16.2. The minimum atomic E-state index is -0.00204. The van der Waals surface area contributed by atoms with Gasteiger partial charge < -0.3 is 9.88 Å². The number of likely N-dealkylation sites (tertiary alicyclic amines) is 1. The summed E-state index contributed by atoms with van der Waals surface area (Å²) in [7, 11) is 0.